The molecule has 4 heteroatoms. The lowest BCUT2D eigenvalue weighted by molar-refractivity contribution is -0.138. The Labute approximate surface area is 99.0 Å². The Morgan fingerprint density at radius 2 is 1.71 bits per heavy atom. The molecule has 0 spiro atoms. The molecule has 1 aromatic rings. The molecule has 0 bridgehead atoms. The fourth-order valence-corrected chi connectivity index (χ4v) is 2.50. The third-order valence-electron chi connectivity index (χ3n) is 3.59. The van der Waals surface area contributed by atoms with Crippen LogP contribution in [0.2, 0.25) is 0 Å². The molecule has 0 amide bonds. The van der Waals surface area contributed by atoms with Crippen molar-refractivity contribution < 1.29 is 13.2 Å². The van der Waals surface area contributed by atoms with Crippen LogP contribution in [0.25, 0.3) is 0 Å². The lowest BCUT2D eigenvalue weighted by atomic mass is 9.73. The summed E-state index contributed by atoms with van der Waals surface area (Å²) in [4.78, 5) is 0. The fourth-order valence-electron chi connectivity index (χ4n) is 2.50. The first kappa shape index (κ1) is 12.4. The predicted octanol–water partition coefficient (Wildman–Crippen LogP) is 3.35. The Bertz CT molecular complexity index is 392. The van der Waals surface area contributed by atoms with E-state index in [-0.39, 0.29) is 5.41 Å². The van der Waals surface area contributed by atoms with Gasteiger partial charge in [-0.25, -0.2) is 0 Å². The molecule has 0 aromatic heterocycles. The molecule has 1 nitrogen and oxygen atoms in total. The van der Waals surface area contributed by atoms with Gasteiger partial charge in [0, 0.05) is 0 Å². The van der Waals surface area contributed by atoms with Crippen LogP contribution in [0, 0.1) is 0 Å². The van der Waals surface area contributed by atoms with E-state index in [9.17, 15) is 13.2 Å². The second-order valence-corrected chi connectivity index (χ2v) is 4.85. The molecule has 0 atom stereocenters. The van der Waals surface area contributed by atoms with E-state index < -0.39 is 11.7 Å². The molecule has 1 N–H and O–H groups in total. The van der Waals surface area contributed by atoms with Gasteiger partial charge in [-0.05, 0) is 43.0 Å². The summed E-state index contributed by atoms with van der Waals surface area (Å²) in [5, 5.41) is 3.19. The van der Waals surface area contributed by atoms with E-state index in [2.05, 4.69) is 5.32 Å². The second-order valence-electron chi connectivity index (χ2n) is 4.85. The zero-order valence-corrected chi connectivity index (χ0v) is 9.77. The van der Waals surface area contributed by atoms with Crippen LogP contribution in [0.4, 0.5) is 13.2 Å². The minimum absolute atomic E-state index is 0.364. The molecule has 1 heterocycles. The summed E-state index contributed by atoms with van der Waals surface area (Å²) < 4.78 is 38.9. The van der Waals surface area contributed by atoms with Crippen molar-refractivity contribution in [3.63, 3.8) is 0 Å². The molecule has 1 aliphatic rings. The Balaban J connectivity index is 2.44. The third kappa shape index (κ3) is 2.46. The normalized spacial score (nSPS) is 20.2. The van der Waals surface area contributed by atoms with E-state index in [1.54, 1.807) is 12.1 Å². The fraction of sp³-hybridized carbons (Fsp3) is 0.538. The third-order valence-corrected chi connectivity index (χ3v) is 3.59. The van der Waals surface area contributed by atoms with Crippen LogP contribution < -0.4 is 5.32 Å². The van der Waals surface area contributed by atoms with Crippen LogP contribution in [0.15, 0.2) is 24.3 Å². The van der Waals surface area contributed by atoms with E-state index in [1.807, 2.05) is 6.92 Å². The topological polar surface area (TPSA) is 12.0 Å². The van der Waals surface area contributed by atoms with E-state index in [0.717, 1.165) is 25.9 Å². The molecule has 1 fully saturated rings. The number of hydrogen-bond acceptors (Lipinski definition) is 1. The SMILES string of the molecule is CC1(c2ccccc2C(F)(F)F)CCNCC1. The molecule has 17 heavy (non-hydrogen) atoms. The van der Waals surface area contributed by atoms with Gasteiger partial charge in [0.05, 0.1) is 5.56 Å². The van der Waals surface area contributed by atoms with Gasteiger partial charge in [-0.3, -0.25) is 0 Å². The van der Waals surface area contributed by atoms with Gasteiger partial charge in [-0.1, -0.05) is 25.1 Å². The van der Waals surface area contributed by atoms with Crippen LogP contribution in [-0.2, 0) is 11.6 Å². The van der Waals surface area contributed by atoms with Crippen LogP contribution >= 0.6 is 0 Å². The van der Waals surface area contributed by atoms with Crippen molar-refractivity contribution in [2.24, 2.45) is 0 Å². The lowest BCUT2D eigenvalue weighted by Crippen LogP contribution is -2.38. The minimum Gasteiger partial charge on any atom is -0.317 e. The van der Waals surface area contributed by atoms with Gasteiger partial charge in [-0.2, -0.15) is 13.2 Å². The maximum Gasteiger partial charge on any atom is 0.416 e. The zero-order valence-electron chi connectivity index (χ0n) is 9.77. The average Bonchev–Trinajstić information content (AvgIpc) is 2.29. The molecule has 1 aromatic carbocycles. The maximum atomic E-state index is 13.0. The molecule has 1 aliphatic heterocycles. The van der Waals surface area contributed by atoms with Crippen molar-refractivity contribution in [3.8, 4) is 0 Å². The number of piperidine rings is 1. The standard InChI is InChI=1S/C13H16F3N/c1-12(6-8-17-9-7-12)10-4-2-3-5-11(10)13(14,15)16/h2-5,17H,6-9H2,1H3. The van der Waals surface area contributed by atoms with Crippen LogP contribution in [0.1, 0.15) is 30.9 Å². The summed E-state index contributed by atoms with van der Waals surface area (Å²) in [5.41, 5.74) is -0.407. The van der Waals surface area contributed by atoms with Gasteiger partial charge in [0.1, 0.15) is 0 Å². The Hall–Kier alpha value is -1.03. The van der Waals surface area contributed by atoms with Crippen molar-refractivity contribution in [1.82, 2.24) is 5.32 Å². The van der Waals surface area contributed by atoms with Crippen molar-refractivity contribution in [2.75, 3.05) is 13.1 Å². The van der Waals surface area contributed by atoms with Crippen molar-refractivity contribution in [1.29, 1.82) is 0 Å². The first-order valence-corrected chi connectivity index (χ1v) is 5.81. The molecule has 2 rings (SSSR count). The monoisotopic (exact) mass is 243 g/mol. The van der Waals surface area contributed by atoms with E-state index in [1.165, 1.54) is 12.1 Å². The summed E-state index contributed by atoms with van der Waals surface area (Å²) >= 11 is 0. The number of alkyl halides is 3. The summed E-state index contributed by atoms with van der Waals surface area (Å²) in [7, 11) is 0. The summed E-state index contributed by atoms with van der Waals surface area (Å²) in [5.74, 6) is 0. The summed E-state index contributed by atoms with van der Waals surface area (Å²) in [6.07, 6.45) is -2.76. The van der Waals surface area contributed by atoms with Crippen LogP contribution in [0.5, 0.6) is 0 Å². The molecule has 0 aliphatic carbocycles. The first-order chi connectivity index (χ1) is 7.93. The minimum atomic E-state index is -4.26. The van der Waals surface area contributed by atoms with Gasteiger partial charge in [0.15, 0.2) is 0 Å². The van der Waals surface area contributed by atoms with Gasteiger partial charge in [0.2, 0.25) is 0 Å². The second kappa shape index (κ2) is 4.33. The number of hydrogen-bond donors (Lipinski definition) is 1. The zero-order chi connectivity index (χ0) is 12.5. The molecule has 0 unspecified atom stereocenters. The van der Waals surface area contributed by atoms with Gasteiger partial charge >= 0.3 is 6.18 Å². The molecular formula is C13H16F3N. The molecular weight excluding hydrogens is 227 g/mol. The first-order valence-electron chi connectivity index (χ1n) is 5.81. The number of nitrogens with one attached hydrogen (secondary N) is 1. The van der Waals surface area contributed by atoms with Crippen LogP contribution in [-0.4, -0.2) is 13.1 Å². The van der Waals surface area contributed by atoms with E-state index in [4.69, 9.17) is 0 Å². The summed E-state index contributed by atoms with van der Waals surface area (Å²) in [6.45, 7) is 3.49. The quantitative estimate of drug-likeness (QED) is 0.797. The van der Waals surface area contributed by atoms with Crippen molar-refractivity contribution in [3.05, 3.63) is 35.4 Å². The highest BCUT2D eigenvalue weighted by atomic mass is 19.4. The average molecular weight is 243 g/mol. The highest BCUT2D eigenvalue weighted by molar-refractivity contribution is 5.36. The van der Waals surface area contributed by atoms with Gasteiger partial charge in [0.25, 0.3) is 0 Å². The summed E-state index contributed by atoms with van der Waals surface area (Å²) in [6, 6.07) is 5.95. The molecule has 94 valence electrons. The Morgan fingerprint density at radius 1 is 1.12 bits per heavy atom. The predicted molar refractivity (Wildman–Crippen MR) is 60.9 cm³/mol. The van der Waals surface area contributed by atoms with Crippen molar-refractivity contribution >= 4 is 0 Å². The van der Waals surface area contributed by atoms with Gasteiger partial charge in [-0.15, -0.1) is 0 Å². The number of rotatable bonds is 1. The maximum absolute atomic E-state index is 13.0. The lowest BCUT2D eigenvalue weighted by Gasteiger charge is -2.36. The van der Waals surface area contributed by atoms with Crippen molar-refractivity contribution in [2.45, 2.75) is 31.4 Å². The molecule has 0 radical (unpaired) electrons. The Kier molecular flexibility index (Phi) is 3.17. The van der Waals surface area contributed by atoms with E-state index >= 15 is 0 Å². The largest absolute Gasteiger partial charge is 0.416 e. The van der Waals surface area contributed by atoms with E-state index in [0.29, 0.717) is 5.56 Å². The molecule has 0 saturated carbocycles. The highest BCUT2D eigenvalue weighted by Crippen LogP contribution is 2.41. The smallest absolute Gasteiger partial charge is 0.317 e. The Morgan fingerprint density at radius 3 is 2.29 bits per heavy atom. The number of halogens is 3. The molecule has 1 saturated heterocycles. The highest BCUT2D eigenvalue weighted by Gasteiger charge is 2.39. The number of benzene rings is 1. The van der Waals surface area contributed by atoms with Crippen LogP contribution in [0.3, 0.4) is 0 Å². The van der Waals surface area contributed by atoms with Gasteiger partial charge < -0.3 is 5.32 Å².